The molecule has 2 heteroatoms. The molecule has 0 bridgehead atoms. The molecule has 2 aromatic rings. The van der Waals surface area contributed by atoms with Crippen molar-refractivity contribution in [3.63, 3.8) is 0 Å². The zero-order valence-corrected chi connectivity index (χ0v) is 15.8. The molecule has 0 radical (unpaired) electrons. The second-order valence-electron chi connectivity index (χ2n) is 6.84. The highest BCUT2D eigenvalue weighted by atomic mass is 15.3. The molecule has 0 fully saturated rings. The predicted octanol–water partition coefficient (Wildman–Crippen LogP) is 6.02. The molecule has 0 heterocycles. The Bertz CT molecular complexity index is 612. The Hall–Kier alpha value is -2.09. The quantitative estimate of drug-likeness (QED) is 0.303. The number of unbranched alkanes of at least 4 members (excludes halogenated alkanes) is 5. The van der Waals surface area contributed by atoms with Crippen LogP contribution in [0.5, 0.6) is 0 Å². The third-order valence-corrected chi connectivity index (χ3v) is 4.51. The monoisotopic (exact) mass is 336 g/mol. The molecule has 2 nitrogen and oxygen atoms in total. The van der Waals surface area contributed by atoms with Gasteiger partial charge in [0.1, 0.15) is 0 Å². The summed E-state index contributed by atoms with van der Waals surface area (Å²) in [5.41, 5.74) is 8.23. The third kappa shape index (κ3) is 8.02. The van der Waals surface area contributed by atoms with E-state index in [1.54, 1.807) is 0 Å². The van der Waals surface area contributed by atoms with Crippen LogP contribution >= 0.6 is 0 Å². The molecule has 0 aliphatic rings. The minimum atomic E-state index is 0.764. The standard InChI is InChI=1S/C23H32N2/c1-3-4-5-6-7-8-9-21-14-16-23(17-15-21)19-25-24-18-22-12-10-20(2)11-13-22/h10-18,25H,3-9,19H2,1-2H3. The molecule has 0 amide bonds. The van der Waals surface area contributed by atoms with Crippen LogP contribution < -0.4 is 5.43 Å². The Morgan fingerprint density at radius 1 is 0.800 bits per heavy atom. The van der Waals surface area contributed by atoms with Gasteiger partial charge in [-0.15, -0.1) is 0 Å². The van der Waals surface area contributed by atoms with Gasteiger partial charge in [-0.3, -0.25) is 0 Å². The van der Waals surface area contributed by atoms with Crippen molar-refractivity contribution in [2.75, 3.05) is 0 Å². The average Bonchev–Trinajstić information content (AvgIpc) is 2.64. The van der Waals surface area contributed by atoms with Crippen LogP contribution in [-0.4, -0.2) is 6.21 Å². The number of hydrogen-bond donors (Lipinski definition) is 1. The number of benzene rings is 2. The van der Waals surface area contributed by atoms with Gasteiger partial charge >= 0.3 is 0 Å². The Morgan fingerprint density at radius 2 is 1.44 bits per heavy atom. The number of rotatable bonds is 11. The lowest BCUT2D eigenvalue weighted by Crippen LogP contribution is -2.05. The Balaban J connectivity index is 1.65. The molecule has 0 spiro atoms. The largest absolute Gasteiger partial charge is 0.306 e. The minimum absolute atomic E-state index is 0.764. The summed E-state index contributed by atoms with van der Waals surface area (Å²) in [6, 6.07) is 17.3. The highest BCUT2D eigenvalue weighted by Gasteiger charge is 1.96. The molecular weight excluding hydrogens is 304 g/mol. The molecule has 0 saturated carbocycles. The summed E-state index contributed by atoms with van der Waals surface area (Å²) in [7, 11) is 0. The van der Waals surface area contributed by atoms with E-state index in [1.165, 1.54) is 61.6 Å². The van der Waals surface area contributed by atoms with Gasteiger partial charge in [0.15, 0.2) is 0 Å². The molecule has 0 aliphatic carbocycles. The molecule has 0 aliphatic heterocycles. The summed E-state index contributed by atoms with van der Waals surface area (Å²) < 4.78 is 0. The maximum absolute atomic E-state index is 4.30. The van der Waals surface area contributed by atoms with Crippen LogP contribution in [0.1, 0.15) is 67.7 Å². The van der Waals surface area contributed by atoms with Crippen LogP contribution in [0.2, 0.25) is 0 Å². The molecule has 0 atom stereocenters. The molecule has 0 aromatic heterocycles. The number of hydrogen-bond acceptors (Lipinski definition) is 2. The Morgan fingerprint density at radius 3 is 2.16 bits per heavy atom. The van der Waals surface area contributed by atoms with Gasteiger partial charge in [0.2, 0.25) is 0 Å². The molecule has 25 heavy (non-hydrogen) atoms. The lowest BCUT2D eigenvalue weighted by molar-refractivity contribution is 0.607. The van der Waals surface area contributed by atoms with Crippen LogP contribution in [0.4, 0.5) is 0 Å². The molecule has 1 N–H and O–H groups in total. The lowest BCUT2D eigenvalue weighted by Gasteiger charge is -2.05. The molecule has 134 valence electrons. The fourth-order valence-corrected chi connectivity index (χ4v) is 2.84. The van der Waals surface area contributed by atoms with E-state index in [-0.39, 0.29) is 0 Å². The van der Waals surface area contributed by atoms with Crippen molar-refractivity contribution in [2.24, 2.45) is 5.10 Å². The highest BCUT2D eigenvalue weighted by Crippen LogP contribution is 2.11. The van der Waals surface area contributed by atoms with Crippen molar-refractivity contribution in [1.82, 2.24) is 5.43 Å². The Labute approximate surface area is 153 Å². The van der Waals surface area contributed by atoms with Gasteiger partial charge in [0.05, 0.1) is 12.8 Å². The predicted molar refractivity (Wildman–Crippen MR) is 109 cm³/mol. The van der Waals surface area contributed by atoms with Crippen molar-refractivity contribution < 1.29 is 0 Å². The third-order valence-electron chi connectivity index (χ3n) is 4.51. The SMILES string of the molecule is CCCCCCCCc1ccc(CNN=Cc2ccc(C)cc2)cc1. The summed E-state index contributed by atoms with van der Waals surface area (Å²) in [6.07, 6.45) is 11.2. The molecule has 0 saturated heterocycles. The summed E-state index contributed by atoms with van der Waals surface area (Å²) in [4.78, 5) is 0. The van der Waals surface area contributed by atoms with E-state index in [0.29, 0.717) is 0 Å². The van der Waals surface area contributed by atoms with E-state index >= 15 is 0 Å². The first kappa shape index (κ1) is 19.2. The van der Waals surface area contributed by atoms with Crippen molar-refractivity contribution in [3.8, 4) is 0 Å². The van der Waals surface area contributed by atoms with Crippen molar-refractivity contribution in [1.29, 1.82) is 0 Å². The first-order chi connectivity index (χ1) is 12.3. The second-order valence-corrected chi connectivity index (χ2v) is 6.84. The van der Waals surface area contributed by atoms with Gasteiger partial charge in [-0.25, -0.2) is 0 Å². The fourth-order valence-electron chi connectivity index (χ4n) is 2.84. The van der Waals surface area contributed by atoms with Gasteiger partial charge in [-0.2, -0.15) is 5.10 Å². The highest BCUT2D eigenvalue weighted by molar-refractivity contribution is 5.79. The number of hydrazone groups is 1. The summed E-state index contributed by atoms with van der Waals surface area (Å²) in [6.45, 7) is 5.12. The van der Waals surface area contributed by atoms with Crippen LogP contribution in [-0.2, 0) is 13.0 Å². The molecule has 2 rings (SSSR count). The van der Waals surface area contributed by atoms with Crippen molar-refractivity contribution in [2.45, 2.75) is 65.3 Å². The number of nitrogens with one attached hydrogen (secondary N) is 1. The first-order valence-electron chi connectivity index (χ1n) is 9.68. The summed E-state index contributed by atoms with van der Waals surface area (Å²) in [5, 5.41) is 4.30. The van der Waals surface area contributed by atoms with E-state index in [0.717, 1.165) is 12.1 Å². The summed E-state index contributed by atoms with van der Waals surface area (Å²) in [5.74, 6) is 0. The number of nitrogens with zero attached hydrogens (tertiary/aromatic N) is 1. The molecular formula is C23H32N2. The summed E-state index contributed by atoms with van der Waals surface area (Å²) >= 11 is 0. The first-order valence-corrected chi connectivity index (χ1v) is 9.68. The fraction of sp³-hybridized carbons (Fsp3) is 0.435. The van der Waals surface area contributed by atoms with Crippen LogP contribution in [0.25, 0.3) is 0 Å². The molecule has 2 aromatic carbocycles. The van der Waals surface area contributed by atoms with Gasteiger partial charge in [-0.05, 0) is 36.5 Å². The second kappa shape index (κ2) is 11.5. The minimum Gasteiger partial charge on any atom is -0.306 e. The Kier molecular flexibility index (Phi) is 8.82. The normalized spacial score (nSPS) is 11.1. The number of aryl methyl sites for hydroxylation is 2. The van der Waals surface area contributed by atoms with E-state index in [4.69, 9.17) is 0 Å². The van der Waals surface area contributed by atoms with Gasteiger partial charge in [-0.1, -0.05) is 93.1 Å². The van der Waals surface area contributed by atoms with Gasteiger partial charge < -0.3 is 5.43 Å². The average molecular weight is 337 g/mol. The van der Waals surface area contributed by atoms with E-state index in [2.05, 4.69) is 72.9 Å². The zero-order valence-electron chi connectivity index (χ0n) is 15.8. The molecule has 0 unspecified atom stereocenters. The maximum atomic E-state index is 4.30. The van der Waals surface area contributed by atoms with Crippen LogP contribution in [0.15, 0.2) is 53.6 Å². The van der Waals surface area contributed by atoms with Crippen LogP contribution in [0.3, 0.4) is 0 Å². The van der Waals surface area contributed by atoms with Crippen LogP contribution in [0, 0.1) is 6.92 Å². The smallest absolute Gasteiger partial charge is 0.0580 e. The van der Waals surface area contributed by atoms with Crippen molar-refractivity contribution >= 4 is 6.21 Å². The van der Waals surface area contributed by atoms with Gasteiger partial charge in [0, 0.05) is 0 Å². The van der Waals surface area contributed by atoms with E-state index < -0.39 is 0 Å². The van der Waals surface area contributed by atoms with Crippen molar-refractivity contribution in [3.05, 3.63) is 70.8 Å². The zero-order chi connectivity index (χ0) is 17.7. The van der Waals surface area contributed by atoms with Gasteiger partial charge in [0.25, 0.3) is 0 Å². The van der Waals surface area contributed by atoms with E-state index in [1.807, 2.05) is 6.21 Å². The maximum Gasteiger partial charge on any atom is 0.0580 e. The topological polar surface area (TPSA) is 24.4 Å². The van der Waals surface area contributed by atoms with E-state index in [9.17, 15) is 0 Å². The lowest BCUT2D eigenvalue weighted by atomic mass is 10.0.